The monoisotopic (exact) mass is 232 g/mol. The van der Waals surface area contributed by atoms with Gasteiger partial charge in [-0.1, -0.05) is 6.07 Å². The Morgan fingerprint density at radius 3 is 2.94 bits per heavy atom. The van der Waals surface area contributed by atoms with Gasteiger partial charge in [0.05, 0.1) is 12.3 Å². The van der Waals surface area contributed by atoms with Gasteiger partial charge in [-0.2, -0.15) is 0 Å². The van der Waals surface area contributed by atoms with Gasteiger partial charge in [0.15, 0.2) is 0 Å². The van der Waals surface area contributed by atoms with E-state index < -0.39 is 0 Å². The molecule has 90 valence electrons. The zero-order chi connectivity index (χ0) is 11.8. The molecule has 1 amide bonds. The van der Waals surface area contributed by atoms with E-state index >= 15 is 0 Å². The molecular formula is C13H16N2O2. The molecule has 1 aromatic rings. The second-order valence-electron chi connectivity index (χ2n) is 4.56. The highest BCUT2D eigenvalue weighted by Gasteiger charge is 2.39. The second kappa shape index (κ2) is 3.95. The van der Waals surface area contributed by atoms with E-state index in [0.29, 0.717) is 12.5 Å². The third kappa shape index (κ3) is 1.84. The highest BCUT2D eigenvalue weighted by Crippen LogP contribution is 2.41. The molecule has 2 N–H and O–H groups in total. The Balaban J connectivity index is 1.92. The maximum atomic E-state index is 12.0. The Hall–Kier alpha value is -1.71. The number of rotatable bonds is 3. The summed E-state index contributed by atoms with van der Waals surface area (Å²) in [6.45, 7) is 2.53. The van der Waals surface area contributed by atoms with Crippen molar-refractivity contribution in [2.45, 2.75) is 25.8 Å². The SMILES string of the molecule is CCOc1cccc2c1NC(=O)C(C1CC1)N2. The highest BCUT2D eigenvalue weighted by atomic mass is 16.5. The Labute approximate surface area is 100 Å². The first-order valence-electron chi connectivity index (χ1n) is 6.13. The van der Waals surface area contributed by atoms with E-state index in [0.717, 1.165) is 30.0 Å². The molecule has 1 atom stereocenters. The van der Waals surface area contributed by atoms with Crippen LogP contribution in [0.2, 0.25) is 0 Å². The average molecular weight is 232 g/mol. The van der Waals surface area contributed by atoms with E-state index in [4.69, 9.17) is 4.74 Å². The number of ether oxygens (including phenoxy) is 1. The number of nitrogens with one attached hydrogen (secondary N) is 2. The smallest absolute Gasteiger partial charge is 0.247 e. The Kier molecular flexibility index (Phi) is 2.42. The summed E-state index contributed by atoms with van der Waals surface area (Å²) in [4.78, 5) is 12.0. The normalized spacial score (nSPS) is 22.4. The molecule has 17 heavy (non-hydrogen) atoms. The Morgan fingerprint density at radius 2 is 2.24 bits per heavy atom. The quantitative estimate of drug-likeness (QED) is 0.840. The molecule has 0 saturated heterocycles. The Morgan fingerprint density at radius 1 is 1.41 bits per heavy atom. The number of hydrogen-bond donors (Lipinski definition) is 2. The van der Waals surface area contributed by atoms with Crippen LogP contribution < -0.4 is 15.4 Å². The molecule has 4 heteroatoms. The van der Waals surface area contributed by atoms with Crippen LogP contribution in [0.15, 0.2) is 18.2 Å². The van der Waals surface area contributed by atoms with Crippen LogP contribution in [0.1, 0.15) is 19.8 Å². The number of amides is 1. The number of para-hydroxylation sites is 1. The van der Waals surface area contributed by atoms with Gasteiger partial charge in [0.1, 0.15) is 17.5 Å². The van der Waals surface area contributed by atoms with E-state index in [1.165, 1.54) is 0 Å². The molecule has 0 radical (unpaired) electrons. The number of anilines is 2. The number of benzene rings is 1. The van der Waals surface area contributed by atoms with Crippen molar-refractivity contribution in [3.8, 4) is 5.75 Å². The van der Waals surface area contributed by atoms with Crippen LogP contribution in [0.3, 0.4) is 0 Å². The summed E-state index contributed by atoms with van der Waals surface area (Å²) in [5.74, 6) is 1.30. The van der Waals surface area contributed by atoms with Crippen molar-refractivity contribution in [2.24, 2.45) is 5.92 Å². The average Bonchev–Trinajstić information content (AvgIpc) is 3.14. The minimum Gasteiger partial charge on any atom is -0.492 e. The van der Waals surface area contributed by atoms with Gasteiger partial charge >= 0.3 is 0 Å². The molecule has 0 bridgehead atoms. The largest absolute Gasteiger partial charge is 0.492 e. The first kappa shape index (κ1) is 10.4. The second-order valence-corrected chi connectivity index (χ2v) is 4.56. The van der Waals surface area contributed by atoms with Gasteiger partial charge in [0.25, 0.3) is 0 Å². The maximum absolute atomic E-state index is 12.0. The fourth-order valence-corrected chi connectivity index (χ4v) is 2.25. The van der Waals surface area contributed by atoms with Crippen molar-refractivity contribution in [1.82, 2.24) is 0 Å². The summed E-state index contributed by atoms with van der Waals surface area (Å²) in [5, 5.41) is 6.27. The lowest BCUT2D eigenvalue weighted by atomic mass is 10.1. The lowest BCUT2D eigenvalue weighted by molar-refractivity contribution is -0.117. The van der Waals surface area contributed by atoms with E-state index in [1.807, 2.05) is 25.1 Å². The van der Waals surface area contributed by atoms with Crippen LogP contribution in [-0.4, -0.2) is 18.6 Å². The first-order valence-corrected chi connectivity index (χ1v) is 6.13. The summed E-state index contributed by atoms with van der Waals surface area (Å²) in [7, 11) is 0. The zero-order valence-electron chi connectivity index (χ0n) is 9.82. The molecule has 1 aromatic carbocycles. The van der Waals surface area contributed by atoms with Crippen molar-refractivity contribution in [2.75, 3.05) is 17.2 Å². The predicted molar refractivity (Wildman–Crippen MR) is 66.4 cm³/mol. The molecule has 1 fully saturated rings. The topological polar surface area (TPSA) is 50.4 Å². The van der Waals surface area contributed by atoms with E-state index in [1.54, 1.807) is 0 Å². The van der Waals surface area contributed by atoms with Gasteiger partial charge in [0.2, 0.25) is 5.91 Å². The molecule has 0 spiro atoms. The molecular weight excluding hydrogens is 216 g/mol. The summed E-state index contributed by atoms with van der Waals surface area (Å²) in [6.07, 6.45) is 2.29. The molecule has 2 aliphatic rings. The van der Waals surface area contributed by atoms with Gasteiger partial charge in [-0.3, -0.25) is 4.79 Å². The molecule has 3 rings (SSSR count). The summed E-state index contributed by atoms with van der Waals surface area (Å²) in [6, 6.07) is 5.73. The highest BCUT2D eigenvalue weighted by molar-refractivity contribution is 6.04. The third-order valence-corrected chi connectivity index (χ3v) is 3.26. The van der Waals surface area contributed by atoms with Crippen LogP contribution in [0.5, 0.6) is 5.75 Å². The van der Waals surface area contributed by atoms with Crippen LogP contribution in [-0.2, 0) is 4.79 Å². The molecule has 4 nitrogen and oxygen atoms in total. The van der Waals surface area contributed by atoms with E-state index in [9.17, 15) is 4.79 Å². The predicted octanol–water partition coefficient (Wildman–Crippen LogP) is 2.23. The van der Waals surface area contributed by atoms with Crippen molar-refractivity contribution in [1.29, 1.82) is 0 Å². The van der Waals surface area contributed by atoms with Gasteiger partial charge < -0.3 is 15.4 Å². The lowest BCUT2D eigenvalue weighted by Gasteiger charge is -2.28. The van der Waals surface area contributed by atoms with Crippen LogP contribution in [0.25, 0.3) is 0 Å². The number of hydrogen-bond acceptors (Lipinski definition) is 3. The summed E-state index contributed by atoms with van der Waals surface area (Å²) < 4.78 is 5.51. The lowest BCUT2D eigenvalue weighted by Crippen LogP contribution is -2.40. The Bertz CT molecular complexity index is 455. The molecule has 1 aliphatic heterocycles. The summed E-state index contributed by atoms with van der Waals surface area (Å²) >= 11 is 0. The van der Waals surface area contributed by atoms with Crippen LogP contribution in [0.4, 0.5) is 11.4 Å². The fourth-order valence-electron chi connectivity index (χ4n) is 2.25. The fraction of sp³-hybridized carbons (Fsp3) is 0.462. The first-order chi connectivity index (χ1) is 8.29. The van der Waals surface area contributed by atoms with Crippen molar-refractivity contribution >= 4 is 17.3 Å². The van der Waals surface area contributed by atoms with Gasteiger partial charge in [0, 0.05) is 0 Å². The standard InChI is InChI=1S/C13H16N2O2/c1-2-17-10-5-3-4-9-12(10)15-13(16)11(14-9)8-6-7-8/h3-5,8,11,14H,2,6-7H2,1H3,(H,15,16). The number of fused-ring (bicyclic) bond motifs is 1. The zero-order valence-corrected chi connectivity index (χ0v) is 9.82. The molecule has 1 aliphatic carbocycles. The number of carbonyl (C=O) groups is 1. The van der Waals surface area contributed by atoms with Crippen molar-refractivity contribution < 1.29 is 9.53 Å². The van der Waals surface area contributed by atoms with Gasteiger partial charge in [-0.05, 0) is 37.8 Å². The van der Waals surface area contributed by atoms with Crippen LogP contribution >= 0.6 is 0 Å². The van der Waals surface area contributed by atoms with Crippen LogP contribution in [0, 0.1) is 5.92 Å². The minimum atomic E-state index is -0.0700. The number of carbonyl (C=O) groups excluding carboxylic acids is 1. The summed E-state index contributed by atoms with van der Waals surface area (Å²) in [5.41, 5.74) is 1.74. The molecule has 1 heterocycles. The van der Waals surface area contributed by atoms with E-state index in [2.05, 4.69) is 10.6 Å². The molecule has 1 saturated carbocycles. The van der Waals surface area contributed by atoms with Gasteiger partial charge in [-0.25, -0.2) is 0 Å². The third-order valence-electron chi connectivity index (χ3n) is 3.26. The molecule has 1 unspecified atom stereocenters. The maximum Gasteiger partial charge on any atom is 0.247 e. The minimum absolute atomic E-state index is 0.0622. The van der Waals surface area contributed by atoms with E-state index in [-0.39, 0.29) is 11.9 Å². The van der Waals surface area contributed by atoms with Crippen molar-refractivity contribution in [3.05, 3.63) is 18.2 Å². The van der Waals surface area contributed by atoms with Gasteiger partial charge in [-0.15, -0.1) is 0 Å². The van der Waals surface area contributed by atoms with Crippen molar-refractivity contribution in [3.63, 3.8) is 0 Å². The molecule has 0 aromatic heterocycles.